The fourth-order valence-corrected chi connectivity index (χ4v) is 2.18. The second-order valence-corrected chi connectivity index (χ2v) is 5.13. The molecular weight excluding hydrogens is 266 g/mol. The van der Waals surface area contributed by atoms with E-state index in [1.807, 2.05) is 31.4 Å². The molecule has 114 valence electrons. The zero-order chi connectivity index (χ0) is 15.2. The van der Waals surface area contributed by atoms with Gasteiger partial charge in [0.2, 0.25) is 0 Å². The third-order valence-corrected chi connectivity index (χ3v) is 3.43. The smallest absolute Gasteiger partial charge is 0.164 e. The standard InChI is InChI=1S/C16H23N3O2/c1-4-14(17)8-13-6-5-7-15(20-3)16(13)21-11-12-9-18-19(2)10-12/h5-7,9-10,14H,4,8,11,17H2,1-3H3. The zero-order valence-corrected chi connectivity index (χ0v) is 12.9. The number of benzene rings is 1. The van der Waals surface area contributed by atoms with Crippen LogP contribution in [0.25, 0.3) is 0 Å². The van der Waals surface area contributed by atoms with Crippen molar-refractivity contribution < 1.29 is 9.47 Å². The first-order valence-electron chi connectivity index (χ1n) is 7.15. The minimum Gasteiger partial charge on any atom is -0.493 e. The van der Waals surface area contributed by atoms with E-state index in [-0.39, 0.29) is 6.04 Å². The van der Waals surface area contributed by atoms with Crippen molar-refractivity contribution in [3.63, 3.8) is 0 Å². The van der Waals surface area contributed by atoms with E-state index in [2.05, 4.69) is 12.0 Å². The van der Waals surface area contributed by atoms with Gasteiger partial charge in [0.15, 0.2) is 11.5 Å². The topological polar surface area (TPSA) is 62.3 Å². The number of hydrogen-bond donors (Lipinski definition) is 1. The summed E-state index contributed by atoms with van der Waals surface area (Å²) >= 11 is 0. The van der Waals surface area contributed by atoms with Crippen molar-refractivity contribution in [2.45, 2.75) is 32.4 Å². The van der Waals surface area contributed by atoms with E-state index in [0.29, 0.717) is 6.61 Å². The van der Waals surface area contributed by atoms with Gasteiger partial charge in [-0.2, -0.15) is 5.10 Å². The number of rotatable bonds is 7. The van der Waals surface area contributed by atoms with Crippen molar-refractivity contribution in [1.82, 2.24) is 9.78 Å². The molecule has 5 nitrogen and oxygen atoms in total. The van der Waals surface area contributed by atoms with Gasteiger partial charge in [-0.3, -0.25) is 4.68 Å². The predicted octanol–water partition coefficient (Wildman–Crippen LogP) is 2.29. The van der Waals surface area contributed by atoms with E-state index in [1.165, 1.54) is 0 Å². The Morgan fingerprint density at radius 3 is 2.81 bits per heavy atom. The van der Waals surface area contributed by atoms with Crippen molar-refractivity contribution in [2.75, 3.05) is 7.11 Å². The Morgan fingerprint density at radius 2 is 2.19 bits per heavy atom. The van der Waals surface area contributed by atoms with Crippen LogP contribution in [0.1, 0.15) is 24.5 Å². The number of para-hydroxylation sites is 1. The van der Waals surface area contributed by atoms with Crippen LogP contribution in [0.5, 0.6) is 11.5 Å². The quantitative estimate of drug-likeness (QED) is 0.849. The Labute approximate surface area is 125 Å². The van der Waals surface area contributed by atoms with Crippen LogP contribution in [-0.2, 0) is 20.1 Å². The minimum absolute atomic E-state index is 0.123. The lowest BCUT2D eigenvalue weighted by Crippen LogP contribution is -2.21. The van der Waals surface area contributed by atoms with Crippen molar-refractivity contribution in [2.24, 2.45) is 12.8 Å². The average Bonchev–Trinajstić information content (AvgIpc) is 2.91. The van der Waals surface area contributed by atoms with Crippen LogP contribution in [0.4, 0.5) is 0 Å². The van der Waals surface area contributed by atoms with Crippen LogP contribution in [0.15, 0.2) is 30.6 Å². The molecule has 0 aliphatic carbocycles. The van der Waals surface area contributed by atoms with Gasteiger partial charge >= 0.3 is 0 Å². The number of nitrogens with zero attached hydrogens (tertiary/aromatic N) is 2. The molecule has 0 spiro atoms. The van der Waals surface area contributed by atoms with Gasteiger partial charge in [0.05, 0.1) is 13.3 Å². The number of methoxy groups -OCH3 is 1. The summed E-state index contributed by atoms with van der Waals surface area (Å²) in [7, 11) is 3.54. The fourth-order valence-electron chi connectivity index (χ4n) is 2.18. The fraction of sp³-hybridized carbons (Fsp3) is 0.438. The van der Waals surface area contributed by atoms with Gasteiger partial charge in [0.25, 0.3) is 0 Å². The molecule has 1 aromatic carbocycles. The van der Waals surface area contributed by atoms with Crippen LogP contribution in [0.2, 0.25) is 0 Å². The highest BCUT2D eigenvalue weighted by Crippen LogP contribution is 2.32. The molecule has 0 saturated heterocycles. The summed E-state index contributed by atoms with van der Waals surface area (Å²) in [6.45, 7) is 2.55. The van der Waals surface area contributed by atoms with Crippen molar-refractivity contribution >= 4 is 0 Å². The van der Waals surface area contributed by atoms with Crippen molar-refractivity contribution in [1.29, 1.82) is 0 Å². The Bertz CT molecular complexity index is 581. The lowest BCUT2D eigenvalue weighted by atomic mass is 10.0. The highest BCUT2D eigenvalue weighted by atomic mass is 16.5. The monoisotopic (exact) mass is 289 g/mol. The van der Waals surface area contributed by atoms with Crippen molar-refractivity contribution in [3.8, 4) is 11.5 Å². The summed E-state index contributed by atoms with van der Waals surface area (Å²) in [6.07, 6.45) is 5.44. The van der Waals surface area contributed by atoms with Gasteiger partial charge in [-0.05, 0) is 24.5 Å². The first kappa shape index (κ1) is 15.4. The van der Waals surface area contributed by atoms with Gasteiger partial charge < -0.3 is 15.2 Å². The molecule has 1 unspecified atom stereocenters. The van der Waals surface area contributed by atoms with E-state index in [1.54, 1.807) is 18.0 Å². The lowest BCUT2D eigenvalue weighted by Gasteiger charge is -2.16. The first-order valence-corrected chi connectivity index (χ1v) is 7.15. The van der Waals surface area contributed by atoms with Gasteiger partial charge in [0, 0.05) is 24.8 Å². The minimum atomic E-state index is 0.123. The van der Waals surface area contributed by atoms with Crippen LogP contribution in [-0.4, -0.2) is 22.9 Å². The van der Waals surface area contributed by atoms with Gasteiger partial charge in [0.1, 0.15) is 6.61 Å². The van der Waals surface area contributed by atoms with Crippen LogP contribution < -0.4 is 15.2 Å². The molecule has 2 aromatic rings. The number of hydrogen-bond acceptors (Lipinski definition) is 4. The number of nitrogens with two attached hydrogens (primary N) is 1. The van der Waals surface area contributed by atoms with E-state index in [9.17, 15) is 0 Å². The molecule has 21 heavy (non-hydrogen) atoms. The molecule has 0 radical (unpaired) electrons. The molecule has 1 heterocycles. The van der Waals surface area contributed by atoms with Gasteiger partial charge in [-0.25, -0.2) is 0 Å². The molecule has 2 N–H and O–H groups in total. The summed E-state index contributed by atoms with van der Waals surface area (Å²) in [5.41, 5.74) is 8.17. The third kappa shape index (κ3) is 3.98. The number of aryl methyl sites for hydroxylation is 1. The highest BCUT2D eigenvalue weighted by Gasteiger charge is 2.13. The maximum Gasteiger partial charge on any atom is 0.164 e. The van der Waals surface area contributed by atoms with Crippen LogP contribution >= 0.6 is 0 Å². The third-order valence-electron chi connectivity index (χ3n) is 3.43. The zero-order valence-electron chi connectivity index (χ0n) is 12.9. The second kappa shape index (κ2) is 7.13. The molecule has 5 heteroatoms. The Kier molecular flexibility index (Phi) is 5.22. The lowest BCUT2D eigenvalue weighted by molar-refractivity contribution is 0.280. The van der Waals surface area contributed by atoms with Crippen molar-refractivity contribution in [3.05, 3.63) is 41.7 Å². The molecule has 0 aliphatic rings. The van der Waals surface area contributed by atoms with Crippen LogP contribution in [0.3, 0.4) is 0 Å². The van der Waals surface area contributed by atoms with Crippen LogP contribution in [0, 0.1) is 0 Å². The SMILES string of the molecule is CCC(N)Cc1cccc(OC)c1OCc1cnn(C)c1. The van der Waals surface area contributed by atoms with E-state index >= 15 is 0 Å². The predicted molar refractivity (Wildman–Crippen MR) is 82.5 cm³/mol. The molecule has 0 amide bonds. The molecule has 0 aliphatic heterocycles. The summed E-state index contributed by atoms with van der Waals surface area (Å²) in [5, 5.41) is 4.14. The van der Waals surface area contributed by atoms with E-state index < -0.39 is 0 Å². The maximum atomic E-state index is 6.07. The number of aromatic nitrogens is 2. The summed E-state index contributed by atoms with van der Waals surface area (Å²) < 4.78 is 13.1. The maximum absolute atomic E-state index is 6.07. The summed E-state index contributed by atoms with van der Waals surface area (Å²) in [5.74, 6) is 1.51. The molecule has 0 fully saturated rings. The normalized spacial score (nSPS) is 12.2. The Morgan fingerprint density at radius 1 is 1.38 bits per heavy atom. The summed E-state index contributed by atoms with van der Waals surface area (Å²) in [6, 6.07) is 6.03. The molecule has 1 atom stereocenters. The summed E-state index contributed by atoms with van der Waals surface area (Å²) in [4.78, 5) is 0. The van der Waals surface area contributed by atoms with E-state index in [4.69, 9.17) is 15.2 Å². The average molecular weight is 289 g/mol. The Balaban J connectivity index is 2.18. The molecule has 0 saturated carbocycles. The van der Waals surface area contributed by atoms with Gasteiger partial charge in [-0.15, -0.1) is 0 Å². The van der Waals surface area contributed by atoms with E-state index in [0.717, 1.165) is 35.5 Å². The highest BCUT2D eigenvalue weighted by molar-refractivity contribution is 5.47. The first-order chi connectivity index (χ1) is 10.1. The molecule has 2 rings (SSSR count). The largest absolute Gasteiger partial charge is 0.493 e. The second-order valence-electron chi connectivity index (χ2n) is 5.13. The molecular formula is C16H23N3O2. The Hall–Kier alpha value is -2.01. The van der Waals surface area contributed by atoms with Gasteiger partial charge in [-0.1, -0.05) is 19.1 Å². The molecule has 0 bridgehead atoms. The number of ether oxygens (including phenoxy) is 2. The molecule has 1 aromatic heterocycles.